The molecule has 1 aromatic carbocycles. The van der Waals surface area contributed by atoms with Gasteiger partial charge in [-0.3, -0.25) is 20.0 Å². The van der Waals surface area contributed by atoms with Gasteiger partial charge in [-0.2, -0.15) is 13.2 Å². The summed E-state index contributed by atoms with van der Waals surface area (Å²) in [6, 6.07) is 6.08. The number of halogens is 3. The predicted molar refractivity (Wildman–Crippen MR) is 87.3 cm³/mol. The van der Waals surface area contributed by atoms with Crippen LogP contribution in [0.3, 0.4) is 0 Å². The van der Waals surface area contributed by atoms with Gasteiger partial charge in [0.25, 0.3) is 5.69 Å². The van der Waals surface area contributed by atoms with E-state index in [4.69, 9.17) is 0 Å². The Morgan fingerprint density at radius 2 is 2.24 bits per heavy atom. The third-order valence-electron chi connectivity index (χ3n) is 3.82. The van der Waals surface area contributed by atoms with Gasteiger partial charge in [-0.25, -0.2) is 0 Å². The molecule has 2 rings (SSSR count). The molecule has 10 heteroatoms. The smallest absolute Gasteiger partial charge is 0.352 e. The number of aliphatic imine (C=N–C) groups is 1. The zero-order valence-corrected chi connectivity index (χ0v) is 13.7. The molecule has 138 valence electrons. The van der Waals surface area contributed by atoms with Crippen LogP contribution >= 0.6 is 0 Å². The first-order valence-electron chi connectivity index (χ1n) is 7.76. The molecule has 1 atom stereocenters. The van der Waals surface area contributed by atoms with Gasteiger partial charge in [0.2, 0.25) is 0 Å². The first kappa shape index (κ1) is 19.0. The summed E-state index contributed by atoms with van der Waals surface area (Å²) in [5.74, 6) is 0.449. The topological polar surface area (TPSA) is 82.8 Å². The SMILES string of the molecule is CN=C(NCc1cccc([N+](=O)[O-])c1)NC1CCN(CC(F)(F)F)C1. The summed E-state index contributed by atoms with van der Waals surface area (Å²) < 4.78 is 37.2. The van der Waals surface area contributed by atoms with Crippen molar-refractivity contribution in [1.82, 2.24) is 15.5 Å². The van der Waals surface area contributed by atoms with E-state index in [1.165, 1.54) is 17.0 Å². The second kappa shape index (κ2) is 8.15. The minimum atomic E-state index is -4.20. The quantitative estimate of drug-likeness (QED) is 0.363. The van der Waals surface area contributed by atoms with E-state index in [9.17, 15) is 23.3 Å². The Bertz CT molecular complexity index is 636. The van der Waals surface area contributed by atoms with Gasteiger partial charge in [-0.15, -0.1) is 0 Å². The number of nitro benzene ring substituents is 1. The van der Waals surface area contributed by atoms with E-state index >= 15 is 0 Å². The minimum absolute atomic E-state index is 0.000770. The third-order valence-corrected chi connectivity index (χ3v) is 3.82. The van der Waals surface area contributed by atoms with Crippen LogP contribution in [0.4, 0.5) is 18.9 Å². The van der Waals surface area contributed by atoms with Gasteiger partial charge in [-0.05, 0) is 12.0 Å². The first-order chi connectivity index (χ1) is 11.8. The summed E-state index contributed by atoms with van der Waals surface area (Å²) in [4.78, 5) is 15.7. The molecule has 1 aliphatic heterocycles. The van der Waals surface area contributed by atoms with Crippen LogP contribution in [0.15, 0.2) is 29.3 Å². The van der Waals surface area contributed by atoms with Gasteiger partial charge >= 0.3 is 6.18 Å². The Labute approximate surface area is 143 Å². The van der Waals surface area contributed by atoms with E-state index in [2.05, 4.69) is 15.6 Å². The Kier molecular flexibility index (Phi) is 6.18. The normalized spacial score (nSPS) is 19.0. The molecule has 0 aromatic heterocycles. The molecule has 2 N–H and O–H groups in total. The van der Waals surface area contributed by atoms with E-state index in [1.54, 1.807) is 19.2 Å². The Morgan fingerprint density at radius 1 is 1.48 bits per heavy atom. The van der Waals surface area contributed by atoms with Gasteiger partial charge in [0, 0.05) is 44.9 Å². The fraction of sp³-hybridized carbons (Fsp3) is 0.533. The number of rotatable bonds is 5. The van der Waals surface area contributed by atoms with Gasteiger partial charge in [0.05, 0.1) is 11.5 Å². The fourth-order valence-corrected chi connectivity index (χ4v) is 2.70. The number of alkyl halides is 3. The molecule has 1 fully saturated rings. The summed E-state index contributed by atoms with van der Waals surface area (Å²) in [5, 5.41) is 16.9. The van der Waals surface area contributed by atoms with Crippen LogP contribution in [0.1, 0.15) is 12.0 Å². The van der Waals surface area contributed by atoms with Crippen LogP contribution in [0.5, 0.6) is 0 Å². The monoisotopic (exact) mass is 359 g/mol. The summed E-state index contributed by atoms with van der Waals surface area (Å²) in [5.41, 5.74) is 0.711. The largest absolute Gasteiger partial charge is 0.401 e. The molecular weight excluding hydrogens is 339 g/mol. The third kappa shape index (κ3) is 6.22. The van der Waals surface area contributed by atoms with Crippen LogP contribution in [-0.2, 0) is 6.54 Å². The maximum atomic E-state index is 12.4. The van der Waals surface area contributed by atoms with Crippen LogP contribution < -0.4 is 10.6 Å². The number of nitro groups is 1. The number of likely N-dealkylation sites (tertiary alicyclic amines) is 1. The highest BCUT2D eigenvalue weighted by atomic mass is 19.4. The summed E-state index contributed by atoms with van der Waals surface area (Å²) in [6.45, 7) is 0.0707. The number of nitrogens with zero attached hydrogens (tertiary/aromatic N) is 3. The Balaban J connectivity index is 1.83. The molecule has 0 aliphatic carbocycles. The second-order valence-electron chi connectivity index (χ2n) is 5.83. The van der Waals surface area contributed by atoms with Crippen molar-refractivity contribution in [3.63, 3.8) is 0 Å². The van der Waals surface area contributed by atoms with Crippen molar-refractivity contribution in [3.05, 3.63) is 39.9 Å². The highest BCUT2D eigenvalue weighted by Gasteiger charge is 2.34. The number of hydrogen-bond acceptors (Lipinski definition) is 4. The lowest BCUT2D eigenvalue weighted by molar-refractivity contribution is -0.384. The molecule has 1 aromatic rings. The van der Waals surface area contributed by atoms with Crippen molar-refractivity contribution in [2.24, 2.45) is 4.99 Å². The van der Waals surface area contributed by atoms with E-state index < -0.39 is 17.6 Å². The highest BCUT2D eigenvalue weighted by molar-refractivity contribution is 5.80. The molecule has 7 nitrogen and oxygen atoms in total. The maximum absolute atomic E-state index is 12.4. The molecule has 0 amide bonds. The van der Waals surface area contributed by atoms with Gasteiger partial charge in [0.15, 0.2) is 5.96 Å². The number of benzene rings is 1. The van der Waals surface area contributed by atoms with Crippen LogP contribution in [-0.4, -0.2) is 54.7 Å². The first-order valence-corrected chi connectivity index (χ1v) is 7.76. The molecule has 1 heterocycles. The lowest BCUT2D eigenvalue weighted by Gasteiger charge is -2.19. The number of non-ortho nitro benzene ring substituents is 1. The van der Waals surface area contributed by atoms with Crippen molar-refractivity contribution in [1.29, 1.82) is 0 Å². The lowest BCUT2D eigenvalue weighted by atomic mass is 10.2. The fourth-order valence-electron chi connectivity index (χ4n) is 2.70. The molecule has 0 bridgehead atoms. The van der Waals surface area contributed by atoms with Crippen LogP contribution in [0.25, 0.3) is 0 Å². The van der Waals surface area contributed by atoms with Crippen LogP contribution in [0, 0.1) is 10.1 Å². The van der Waals surface area contributed by atoms with Crippen molar-refractivity contribution in [2.75, 3.05) is 26.7 Å². The Morgan fingerprint density at radius 3 is 2.88 bits per heavy atom. The number of guanidine groups is 1. The Hall–Kier alpha value is -2.36. The molecule has 1 saturated heterocycles. The highest BCUT2D eigenvalue weighted by Crippen LogP contribution is 2.20. The van der Waals surface area contributed by atoms with Crippen molar-refractivity contribution >= 4 is 11.6 Å². The van der Waals surface area contributed by atoms with Crippen molar-refractivity contribution < 1.29 is 18.1 Å². The van der Waals surface area contributed by atoms with Gasteiger partial charge in [0.1, 0.15) is 0 Å². The van der Waals surface area contributed by atoms with E-state index in [-0.39, 0.29) is 18.3 Å². The molecule has 25 heavy (non-hydrogen) atoms. The number of hydrogen-bond donors (Lipinski definition) is 2. The zero-order valence-electron chi connectivity index (χ0n) is 13.7. The van der Waals surface area contributed by atoms with E-state index in [0.29, 0.717) is 31.0 Å². The molecular formula is C15H20F3N5O2. The second-order valence-corrected chi connectivity index (χ2v) is 5.83. The summed E-state index contributed by atoms with van der Waals surface area (Å²) in [7, 11) is 1.56. The zero-order chi connectivity index (χ0) is 18.4. The van der Waals surface area contributed by atoms with Crippen molar-refractivity contribution in [3.8, 4) is 0 Å². The average Bonchev–Trinajstić information content (AvgIpc) is 2.96. The molecule has 1 unspecified atom stereocenters. The predicted octanol–water partition coefficient (Wildman–Crippen LogP) is 1.90. The minimum Gasteiger partial charge on any atom is -0.352 e. The van der Waals surface area contributed by atoms with Gasteiger partial charge < -0.3 is 10.6 Å². The molecule has 1 aliphatic rings. The standard InChI is InChI=1S/C15H20F3N5O2/c1-19-14(20-8-11-3-2-4-13(7-11)23(24)25)21-12-5-6-22(9-12)10-15(16,17)18/h2-4,7,12H,5-6,8-10H2,1H3,(H2,19,20,21). The van der Waals surface area contributed by atoms with Crippen LogP contribution in [0.2, 0.25) is 0 Å². The molecule has 0 spiro atoms. The summed E-state index contributed by atoms with van der Waals surface area (Å²) >= 11 is 0. The molecule has 0 radical (unpaired) electrons. The van der Waals surface area contributed by atoms with Crippen molar-refractivity contribution in [2.45, 2.75) is 25.2 Å². The van der Waals surface area contributed by atoms with E-state index in [1.807, 2.05) is 0 Å². The maximum Gasteiger partial charge on any atom is 0.401 e. The van der Waals surface area contributed by atoms with Gasteiger partial charge in [-0.1, -0.05) is 12.1 Å². The summed E-state index contributed by atoms with van der Waals surface area (Å²) in [6.07, 6.45) is -3.61. The average molecular weight is 359 g/mol. The lowest BCUT2D eigenvalue weighted by Crippen LogP contribution is -2.44. The van der Waals surface area contributed by atoms with E-state index in [0.717, 1.165) is 0 Å². The number of nitrogens with one attached hydrogen (secondary N) is 2. The molecule has 0 saturated carbocycles.